The largest absolute Gasteiger partial charge is 0.316 e. The maximum atomic E-state index is 12.8. The molecule has 2 heterocycles. The van der Waals surface area contributed by atoms with Crippen LogP contribution in [0.15, 0.2) is 56.8 Å². The van der Waals surface area contributed by atoms with Crippen LogP contribution in [0.5, 0.6) is 0 Å². The van der Waals surface area contributed by atoms with Gasteiger partial charge in [0.1, 0.15) is 5.69 Å². The predicted molar refractivity (Wildman–Crippen MR) is 104 cm³/mol. The van der Waals surface area contributed by atoms with E-state index in [9.17, 15) is 14.4 Å². The maximum Gasteiger partial charge on any atom is 0.316 e. The van der Waals surface area contributed by atoms with Crippen molar-refractivity contribution in [3.63, 3.8) is 0 Å². The molecule has 0 fully saturated rings. The van der Waals surface area contributed by atoms with E-state index in [2.05, 4.69) is 4.98 Å². The number of benzene rings is 2. The first kappa shape index (κ1) is 17.0. The first-order chi connectivity index (χ1) is 12.9. The SMILES string of the molecule is Cc1nc2cc3c(cc2n(Cc2ccccc2)c1=O)n(C)c(=O)c(=O)n3C. The number of nitrogens with zero attached hydrogens (tertiary/aromatic N) is 4. The molecular formula is C20H18N4O3. The van der Waals surface area contributed by atoms with Crippen LogP contribution in [0.25, 0.3) is 22.1 Å². The lowest BCUT2D eigenvalue weighted by molar-refractivity contribution is 0.772. The highest BCUT2D eigenvalue weighted by atomic mass is 16.2. The fourth-order valence-corrected chi connectivity index (χ4v) is 3.36. The molecule has 27 heavy (non-hydrogen) atoms. The van der Waals surface area contributed by atoms with Crippen LogP contribution in [0.3, 0.4) is 0 Å². The Labute approximate surface area is 153 Å². The second-order valence-electron chi connectivity index (χ2n) is 6.63. The molecule has 0 aliphatic rings. The van der Waals surface area contributed by atoms with Gasteiger partial charge in [-0.25, -0.2) is 4.98 Å². The van der Waals surface area contributed by atoms with Crippen molar-refractivity contribution < 1.29 is 0 Å². The summed E-state index contributed by atoms with van der Waals surface area (Å²) in [5, 5.41) is 0. The number of aromatic nitrogens is 4. The molecule has 0 saturated carbocycles. The molecule has 136 valence electrons. The molecule has 4 aromatic rings. The number of rotatable bonds is 2. The Morgan fingerprint density at radius 3 is 2.04 bits per heavy atom. The number of hydrogen-bond donors (Lipinski definition) is 0. The predicted octanol–water partition coefficient (Wildman–Crippen LogP) is 1.30. The Balaban J connectivity index is 2.13. The van der Waals surface area contributed by atoms with Gasteiger partial charge in [0.2, 0.25) is 0 Å². The zero-order chi connectivity index (χ0) is 19.3. The lowest BCUT2D eigenvalue weighted by Gasteiger charge is -2.14. The Morgan fingerprint density at radius 2 is 1.41 bits per heavy atom. The molecule has 0 unspecified atom stereocenters. The first-order valence-electron chi connectivity index (χ1n) is 8.53. The molecule has 0 N–H and O–H groups in total. The van der Waals surface area contributed by atoms with E-state index < -0.39 is 11.1 Å². The Kier molecular flexibility index (Phi) is 3.80. The number of hydrogen-bond acceptors (Lipinski definition) is 4. The van der Waals surface area contributed by atoms with Crippen molar-refractivity contribution in [1.82, 2.24) is 18.7 Å². The topological polar surface area (TPSA) is 78.9 Å². The van der Waals surface area contributed by atoms with E-state index in [1.807, 2.05) is 30.3 Å². The number of fused-ring (bicyclic) bond motifs is 2. The van der Waals surface area contributed by atoms with E-state index in [-0.39, 0.29) is 5.56 Å². The third-order valence-corrected chi connectivity index (χ3v) is 4.90. The zero-order valence-electron chi connectivity index (χ0n) is 15.3. The van der Waals surface area contributed by atoms with Gasteiger partial charge in [0, 0.05) is 14.1 Å². The highest BCUT2D eigenvalue weighted by Crippen LogP contribution is 2.19. The summed E-state index contributed by atoms with van der Waals surface area (Å²) in [5.41, 5.74) is 2.36. The molecule has 0 amide bonds. The van der Waals surface area contributed by atoms with Crippen LogP contribution in [-0.2, 0) is 20.6 Å². The highest BCUT2D eigenvalue weighted by molar-refractivity contribution is 5.91. The molecule has 7 heteroatoms. The summed E-state index contributed by atoms with van der Waals surface area (Å²) in [6.45, 7) is 2.07. The van der Waals surface area contributed by atoms with Crippen molar-refractivity contribution in [2.24, 2.45) is 14.1 Å². The van der Waals surface area contributed by atoms with Crippen LogP contribution in [0.4, 0.5) is 0 Å². The highest BCUT2D eigenvalue weighted by Gasteiger charge is 2.14. The molecule has 0 aliphatic heterocycles. The van der Waals surface area contributed by atoms with Gasteiger partial charge in [-0.15, -0.1) is 0 Å². The quantitative estimate of drug-likeness (QED) is 0.398. The first-order valence-corrected chi connectivity index (χ1v) is 8.53. The van der Waals surface area contributed by atoms with Gasteiger partial charge in [-0.05, 0) is 24.6 Å². The van der Waals surface area contributed by atoms with Gasteiger partial charge in [-0.1, -0.05) is 30.3 Å². The summed E-state index contributed by atoms with van der Waals surface area (Å²) in [6.07, 6.45) is 0. The monoisotopic (exact) mass is 362 g/mol. The second kappa shape index (κ2) is 6.05. The average Bonchev–Trinajstić information content (AvgIpc) is 2.68. The van der Waals surface area contributed by atoms with E-state index >= 15 is 0 Å². The van der Waals surface area contributed by atoms with Gasteiger partial charge >= 0.3 is 11.1 Å². The molecule has 2 aromatic heterocycles. The van der Waals surface area contributed by atoms with Crippen molar-refractivity contribution in [3.05, 3.63) is 84.8 Å². The fraction of sp³-hybridized carbons (Fsp3) is 0.200. The lowest BCUT2D eigenvalue weighted by Crippen LogP contribution is -2.39. The zero-order valence-corrected chi connectivity index (χ0v) is 15.3. The van der Waals surface area contributed by atoms with Crippen LogP contribution < -0.4 is 16.7 Å². The lowest BCUT2D eigenvalue weighted by atomic mass is 10.2. The van der Waals surface area contributed by atoms with Gasteiger partial charge in [-0.3, -0.25) is 14.4 Å². The average molecular weight is 362 g/mol. The summed E-state index contributed by atoms with van der Waals surface area (Å²) in [7, 11) is 3.11. The summed E-state index contributed by atoms with van der Waals surface area (Å²) in [6, 6.07) is 13.2. The van der Waals surface area contributed by atoms with E-state index in [1.54, 1.807) is 37.7 Å². The summed E-state index contributed by atoms with van der Waals surface area (Å²) >= 11 is 0. The molecule has 0 radical (unpaired) electrons. The van der Waals surface area contributed by atoms with Gasteiger partial charge in [0.15, 0.2) is 0 Å². The van der Waals surface area contributed by atoms with E-state index in [4.69, 9.17) is 0 Å². The standard InChI is InChI=1S/C20H18N4O3/c1-12-18(25)24(11-13-7-5-4-6-8-13)15-10-17-16(9-14(15)21-12)22(2)19(26)20(27)23(17)3/h4-10H,11H2,1-3H3. The van der Waals surface area contributed by atoms with E-state index in [0.717, 1.165) is 5.56 Å². The molecule has 0 bridgehead atoms. The van der Waals surface area contributed by atoms with Crippen LogP contribution in [0.2, 0.25) is 0 Å². The minimum absolute atomic E-state index is 0.180. The van der Waals surface area contributed by atoms with Gasteiger partial charge in [0.25, 0.3) is 5.56 Å². The Morgan fingerprint density at radius 1 is 0.815 bits per heavy atom. The van der Waals surface area contributed by atoms with Crippen LogP contribution in [-0.4, -0.2) is 18.7 Å². The minimum Gasteiger partial charge on any atom is -0.305 e. The molecule has 4 rings (SSSR count). The molecular weight excluding hydrogens is 344 g/mol. The van der Waals surface area contributed by atoms with Gasteiger partial charge < -0.3 is 13.7 Å². The van der Waals surface area contributed by atoms with Crippen LogP contribution in [0.1, 0.15) is 11.3 Å². The van der Waals surface area contributed by atoms with Crippen molar-refractivity contribution in [2.45, 2.75) is 13.5 Å². The molecule has 0 saturated heterocycles. The Bertz CT molecular complexity index is 1380. The molecule has 0 spiro atoms. The summed E-state index contributed by atoms with van der Waals surface area (Å²) in [5.74, 6) is 0. The van der Waals surface area contributed by atoms with Crippen molar-refractivity contribution in [3.8, 4) is 0 Å². The van der Waals surface area contributed by atoms with E-state index in [0.29, 0.717) is 34.3 Å². The summed E-state index contributed by atoms with van der Waals surface area (Å²) in [4.78, 5) is 41.5. The normalized spacial score (nSPS) is 11.4. The fourth-order valence-electron chi connectivity index (χ4n) is 3.36. The van der Waals surface area contributed by atoms with Crippen molar-refractivity contribution in [1.29, 1.82) is 0 Å². The van der Waals surface area contributed by atoms with Crippen LogP contribution >= 0.6 is 0 Å². The molecule has 2 aromatic carbocycles. The molecule has 7 nitrogen and oxygen atoms in total. The Hall–Kier alpha value is -3.48. The smallest absolute Gasteiger partial charge is 0.305 e. The van der Waals surface area contributed by atoms with Gasteiger partial charge in [0.05, 0.1) is 28.6 Å². The molecule has 0 aliphatic carbocycles. The third kappa shape index (κ3) is 2.59. The van der Waals surface area contributed by atoms with Gasteiger partial charge in [-0.2, -0.15) is 0 Å². The van der Waals surface area contributed by atoms with Crippen molar-refractivity contribution in [2.75, 3.05) is 0 Å². The second-order valence-corrected chi connectivity index (χ2v) is 6.63. The van der Waals surface area contributed by atoms with Crippen LogP contribution in [0, 0.1) is 6.92 Å². The van der Waals surface area contributed by atoms with E-state index in [1.165, 1.54) is 9.13 Å². The number of aryl methyl sites for hydroxylation is 3. The van der Waals surface area contributed by atoms with Crippen molar-refractivity contribution >= 4 is 22.1 Å². The maximum absolute atomic E-state index is 12.8. The minimum atomic E-state index is -0.610. The summed E-state index contributed by atoms with van der Waals surface area (Å²) < 4.78 is 4.29. The third-order valence-electron chi connectivity index (χ3n) is 4.90. The molecule has 0 atom stereocenters.